The van der Waals surface area contributed by atoms with Crippen molar-refractivity contribution in [2.45, 2.75) is 26.2 Å². The SMILES string of the molecule is CC(C)(C)c1ccc2cc(-c3nc(-c4cc(-n5c6ccccc6c6cc(-c7ccc8c(c7)c7ccccc7n8-c7ccccc7)ccc65)cc(-n5c6ccccc6c6cc(-c7ccc8c(c7)c7ccccc7n8-c7ccccc7)ccc65)c4)nc4ccc5ccccc5c34)ccc2c1. The van der Waals surface area contributed by atoms with Gasteiger partial charge in [0.2, 0.25) is 0 Å². The molecule has 0 saturated heterocycles. The van der Waals surface area contributed by atoms with Gasteiger partial charge in [-0.3, -0.25) is 0 Å². The standard InChI is InChI=1S/C92H62N6/c1-92(2,3)66-42-36-58-48-64(35-34-59(58)49-66)90-89-71-25-11-10-20-57(71)37-43-80(89)93-91(94-90)65-50-69(97-83-32-18-14-28-74(83)78-54-62(40-46-87(78)97)60-38-44-85-76(52-60)72-26-12-16-30-81(72)95(85)67-21-6-4-7-22-67)56-70(51-65)98-84-33-19-15-29-75(84)79-55-63(41-47-88(79)98)61-39-45-86-77(53-61)73-27-13-17-31-82(73)96(86)68-23-8-5-9-24-68/h4-56H,1-3H3. The Hall–Kier alpha value is -12.6. The molecule has 20 rings (SSSR count). The van der Waals surface area contributed by atoms with Crippen molar-refractivity contribution in [3.05, 3.63) is 327 Å². The second-order valence-corrected chi connectivity index (χ2v) is 27.4. The van der Waals surface area contributed by atoms with Gasteiger partial charge in [-0.15, -0.1) is 0 Å². The average Bonchev–Trinajstić information content (AvgIpc) is 1.48. The normalized spacial score (nSPS) is 12.2. The fourth-order valence-corrected chi connectivity index (χ4v) is 16.0. The number of hydrogen-bond acceptors (Lipinski definition) is 2. The number of hydrogen-bond donors (Lipinski definition) is 0. The van der Waals surface area contributed by atoms with E-state index in [0.717, 1.165) is 94.4 Å². The fourth-order valence-electron chi connectivity index (χ4n) is 16.0. The minimum absolute atomic E-state index is 0.0208. The Kier molecular flexibility index (Phi) is 12.2. The fraction of sp³-hybridized carbons (Fsp3) is 0.0435. The lowest BCUT2D eigenvalue weighted by atomic mass is 9.85. The highest BCUT2D eigenvalue weighted by Crippen LogP contribution is 2.44. The van der Waals surface area contributed by atoms with E-state index in [1.165, 1.54) is 92.6 Å². The zero-order valence-electron chi connectivity index (χ0n) is 54.3. The Bertz CT molecular complexity index is 6420. The molecular weight excluding hydrogens is 1190 g/mol. The smallest absolute Gasteiger partial charge is 0.160 e. The molecule has 0 amide bonds. The summed E-state index contributed by atoms with van der Waals surface area (Å²) in [6.45, 7) is 6.84. The summed E-state index contributed by atoms with van der Waals surface area (Å²) in [4.78, 5) is 11.5. The maximum atomic E-state index is 5.83. The van der Waals surface area contributed by atoms with E-state index in [2.05, 4.69) is 361 Å². The highest BCUT2D eigenvalue weighted by molar-refractivity contribution is 6.17. The molecule has 0 radical (unpaired) electrons. The van der Waals surface area contributed by atoms with Crippen LogP contribution in [0.4, 0.5) is 0 Å². The molecule has 5 heterocycles. The minimum atomic E-state index is 0.0208. The zero-order valence-corrected chi connectivity index (χ0v) is 54.3. The van der Waals surface area contributed by atoms with E-state index in [4.69, 9.17) is 9.97 Å². The highest BCUT2D eigenvalue weighted by atomic mass is 15.0. The van der Waals surface area contributed by atoms with Gasteiger partial charge >= 0.3 is 0 Å². The summed E-state index contributed by atoms with van der Waals surface area (Å²) in [5.74, 6) is 0.646. The third kappa shape index (κ3) is 8.67. The van der Waals surface area contributed by atoms with Crippen LogP contribution in [0.25, 0.3) is 187 Å². The summed E-state index contributed by atoms with van der Waals surface area (Å²) >= 11 is 0. The summed E-state index contributed by atoms with van der Waals surface area (Å²) in [5.41, 5.74) is 23.2. The maximum absolute atomic E-state index is 5.83. The van der Waals surface area contributed by atoms with Gasteiger partial charge in [0.05, 0.1) is 55.3 Å². The molecule has 15 aromatic carbocycles. The number of fused-ring (bicyclic) bond motifs is 16. The molecule has 0 fully saturated rings. The van der Waals surface area contributed by atoms with Gasteiger partial charge in [0.1, 0.15) is 0 Å². The molecule has 0 atom stereocenters. The van der Waals surface area contributed by atoms with Gasteiger partial charge in [-0.05, 0) is 182 Å². The Balaban J connectivity index is 0.805. The third-order valence-electron chi connectivity index (χ3n) is 20.6. The largest absolute Gasteiger partial charge is 0.309 e. The first-order chi connectivity index (χ1) is 48.2. The van der Waals surface area contributed by atoms with Crippen molar-refractivity contribution >= 4 is 120 Å². The second-order valence-electron chi connectivity index (χ2n) is 27.4. The van der Waals surface area contributed by atoms with Crippen LogP contribution in [0.5, 0.6) is 0 Å². The number of para-hydroxylation sites is 6. The summed E-state index contributed by atoms with van der Waals surface area (Å²) in [5, 5.41) is 15.3. The van der Waals surface area contributed by atoms with Gasteiger partial charge in [0.15, 0.2) is 5.82 Å². The molecule has 6 nitrogen and oxygen atoms in total. The van der Waals surface area contributed by atoms with Gasteiger partial charge in [-0.25, -0.2) is 9.97 Å². The molecule has 0 N–H and O–H groups in total. The lowest BCUT2D eigenvalue weighted by Crippen LogP contribution is -2.10. The predicted molar refractivity (Wildman–Crippen MR) is 412 cm³/mol. The second kappa shape index (κ2) is 21.4. The molecule has 6 heteroatoms. The Morgan fingerprint density at radius 1 is 0.235 bits per heavy atom. The van der Waals surface area contributed by atoms with E-state index < -0.39 is 0 Å². The van der Waals surface area contributed by atoms with Crippen LogP contribution < -0.4 is 0 Å². The topological polar surface area (TPSA) is 45.5 Å². The zero-order chi connectivity index (χ0) is 64.9. The number of benzene rings is 15. The van der Waals surface area contributed by atoms with Crippen molar-refractivity contribution in [2.75, 3.05) is 0 Å². The molecule has 0 spiro atoms. The molecule has 0 aliphatic carbocycles. The van der Waals surface area contributed by atoms with E-state index in [1.807, 2.05) is 0 Å². The molecule has 0 aliphatic heterocycles. The minimum Gasteiger partial charge on any atom is -0.309 e. The quantitative estimate of drug-likeness (QED) is 0.142. The molecule has 460 valence electrons. The molecule has 20 aromatic rings. The lowest BCUT2D eigenvalue weighted by molar-refractivity contribution is 0.591. The first-order valence-corrected chi connectivity index (χ1v) is 33.9. The lowest BCUT2D eigenvalue weighted by Gasteiger charge is -2.19. The number of nitrogens with zero attached hydrogens (tertiary/aromatic N) is 6. The van der Waals surface area contributed by atoms with Crippen molar-refractivity contribution < 1.29 is 0 Å². The Morgan fingerprint density at radius 2 is 0.602 bits per heavy atom. The molecule has 98 heavy (non-hydrogen) atoms. The van der Waals surface area contributed by atoms with Crippen LogP contribution in [0.1, 0.15) is 26.3 Å². The van der Waals surface area contributed by atoms with Crippen molar-refractivity contribution in [1.82, 2.24) is 28.2 Å². The van der Waals surface area contributed by atoms with Gasteiger partial charge in [-0.1, -0.05) is 215 Å². The Labute approximate surface area is 565 Å². The first kappa shape index (κ1) is 55.8. The van der Waals surface area contributed by atoms with Crippen LogP contribution in [0.3, 0.4) is 0 Å². The third-order valence-corrected chi connectivity index (χ3v) is 20.6. The van der Waals surface area contributed by atoms with E-state index >= 15 is 0 Å². The van der Waals surface area contributed by atoms with Crippen molar-refractivity contribution in [2.24, 2.45) is 0 Å². The molecule has 0 unspecified atom stereocenters. The monoisotopic (exact) mass is 1250 g/mol. The van der Waals surface area contributed by atoms with Crippen LogP contribution >= 0.6 is 0 Å². The first-order valence-electron chi connectivity index (χ1n) is 33.9. The van der Waals surface area contributed by atoms with Crippen molar-refractivity contribution in [3.8, 4) is 67.6 Å². The van der Waals surface area contributed by atoms with Crippen LogP contribution in [0.2, 0.25) is 0 Å². The van der Waals surface area contributed by atoms with Gasteiger partial charge in [0, 0.05) is 82.4 Å². The molecule has 5 aromatic heterocycles. The summed E-state index contributed by atoms with van der Waals surface area (Å²) in [7, 11) is 0. The highest BCUT2D eigenvalue weighted by Gasteiger charge is 2.24. The summed E-state index contributed by atoms with van der Waals surface area (Å²) in [6.07, 6.45) is 0. The van der Waals surface area contributed by atoms with E-state index in [1.54, 1.807) is 0 Å². The van der Waals surface area contributed by atoms with Crippen molar-refractivity contribution in [1.29, 1.82) is 0 Å². The average molecular weight is 1250 g/mol. The number of aromatic nitrogens is 6. The maximum Gasteiger partial charge on any atom is 0.160 e. The van der Waals surface area contributed by atoms with Gasteiger partial charge in [0.25, 0.3) is 0 Å². The van der Waals surface area contributed by atoms with Crippen LogP contribution in [0, 0.1) is 0 Å². The van der Waals surface area contributed by atoms with E-state index in [9.17, 15) is 0 Å². The van der Waals surface area contributed by atoms with Gasteiger partial charge < -0.3 is 18.3 Å². The predicted octanol–water partition coefficient (Wildman–Crippen LogP) is 24.3. The molecular formula is C92H62N6. The summed E-state index contributed by atoms with van der Waals surface area (Å²) in [6, 6.07) is 118. The summed E-state index contributed by atoms with van der Waals surface area (Å²) < 4.78 is 9.69. The van der Waals surface area contributed by atoms with E-state index in [0.29, 0.717) is 5.82 Å². The van der Waals surface area contributed by atoms with Gasteiger partial charge in [-0.2, -0.15) is 0 Å². The molecule has 0 saturated carbocycles. The number of rotatable bonds is 8. The molecule has 0 bridgehead atoms. The van der Waals surface area contributed by atoms with Crippen molar-refractivity contribution in [3.63, 3.8) is 0 Å². The van der Waals surface area contributed by atoms with Crippen LogP contribution in [-0.4, -0.2) is 28.2 Å². The Morgan fingerprint density at radius 3 is 1.06 bits per heavy atom. The van der Waals surface area contributed by atoms with Crippen LogP contribution in [-0.2, 0) is 5.41 Å². The molecule has 0 aliphatic rings. The van der Waals surface area contributed by atoms with Crippen LogP contribution in [0.15, 0.2) is 322 Å². The van der Waals surface area contributed by atoms with E-state index in [-0.39, 0.29) is 5.41 Å².